The van der Waals surface area contributed by atoms with Crippen molar-refractivity contribution >= 4 is 40.5 Å². The van der Waals surface area contributed by atoms with Crippen LogP contribution in [0.3, 0.4) is 0 Å². The average Bonchev–Trinajstić information content (AvgIpc) is 2.48. The number of methoxy groups -OCH3 is 1. The van der Waals surface area contributed by atoms with Gasteiger partial charge in [-0.15, -0.1) is 0 Å². The molecule has 0 bridgehead atoms. The van der Waals surface area contributed by atoms with Gasteiger partial charge in [0.25, 0.3) is 0 Å². The van der Waals surface area contributed by atoms with Crippen LogP contribution in [0.15, 0.2) is 24.3 Å². The molecule has 8 heteroatoms. The standard InChI is InChI=1S/C13H8Cl2F2N2O2/c1-21-13(20)11-10(9(17)8(14)12(15)19-11)18-7-5-3-2-4-6(7)16/h2-5,18H,1H3. The molecule has 0 fully saturated rings. The van der Waals surface area contributed by atoms with Gasteiger partial charge in [-0.3, -0.25) is 0 Å². The van der Waals surface area contributed by atoms with Gasteiger partial charge >= 0.3 is 5.97 Å². The number of pyridine rings is 1. The Kier molecular flexibility index (Phi) is 4.59. The maximum Gasteiger partial charge on any atom is 0.359 e. The average molecular weight is 333 g/mol. The number of ether oxygens (including phenoxy) is 1. The molecule has 4 nitrogen and oxygen atoms in total. The van der Waals surface area contributed by atoms with E-state index in [9.17, 15) is 13.6 Å². The van der Waals surface area contributed by atoms with Crippen molar-refractivity contribution in [1.82, 2.24) is 4.98 Å². The fourth-order valence-electron chi connectivity index (χ4n) is 1.56. The number of para-hydroxylation sites is 1. The number of hydrogen-bond donors (Lipinski definition) is 1. The molecule has 110 valence electrons. The zero-order chi connectivity index (χ0) is 15.6. The summed E-state index contributed by atoms with van der Waals surface area (Å²) in [7, 11) is 1.09. The molecule has 1 heterocycles. The molecule has 0 saturated carbocycles. The lowest BCUT2D eigenvalue weighted by Gasteiger charge is -2.13. The zero-order valence-electron chi connectivity index (χ0n) is 10.6. The lowest BCUT2D eigenvalue weighted by molar-refractivity contribution is 0.0595. The molecule has 0 aliphatic carbocycles. The Balaban J connectivity index is 2.59. The first-order chi connectivity index (χ1) is 9.95. The maximum atomic E-state index is 14.2. The summed E-state index contributed by atoms with van der Waals surface area (Å²) in [6.07, 6.45) is 0. The van der Waals surface area contributed by atoms with Crippen molar-refractivity contribution in [2.24, 2.45) is 0 Å². The Morgan fingerprint density at radius 3 is 2.57 bits per heavy atom. The molecule has 1 N–H and O–H groups in total. The van der Waals surface area contributed by atoms with Crippen LogP contribution in [0.1, 0.15) is 10.5 Å². The highest BCUT2D eigenvalue weighted by molar-refractivity contribution is 6.41. The second-order valence-corrected chi connectivity index (χ2v) is 4.59. The quantitative estimate of drug-likeness (QED) is 0.676. The maximum absolute atomic E-state index is 14.2. The number of carbonyl (C=O) groups is 1. The summed E-state index contributed by atoms with van der Waals surface area (Å²) in [4.78, 5) is 15.3. The summed E-state index contributed by atoms with van der Waals surface area (Å²) in [6.45, 7) is 0. The first-order valence-corrected chi connectivity index (χ1v) is 6.35. The minimum absolute atomic E-state index is 0.0539. The summed E-state index contributed by atoms with van der Waals surface area (Å²) >= 11 is 11.3. The molecule has 2 aromatic rings. The summed E-state index contributed by atoms with van der Waals surface area (Å²) < 4.78 is 32.3. The minimum Gasteiger partial charge on any atom is -0.464 e. The molecule has 0 aliphatic rings. The van der Waals surface area contributed by atoms with Crippen LogP contribution in [0, 0.1) is 11.6 Å². The number of benzene rings is 1. The van der Waals surface area contributed by atoms with Gasteiger partial charge in [-0.1, -0.05) is 35.3 Å². The number of carbonyl (C=O) groups excluding carboxylic acids is 1. The van der Waals surface area contributed by atoms with Crippen LogP contribution in [0.5, 0.6) is 0 Å². The van der Waals surface area contributed by atoms with Crippen molar-refractivity contribution in [3.8, 4) is 0 Å². The summed E-state index contributed by atoms with van der Waals surface area (Å²) in [6, 6.07) is 5.53. The molecule has 0 saturated heterocycles. The van der Waals surface area contributed by atoms with Crippen molar-refractivity contribution in [2.75, 3.05) is 12.4 Å². The number of halogens is 4. The number of esters is 1. The fraction of sp³-hybridized carbons (Fsp3) is 0.0769. The normalized spacial score (nSPS) is 10.3. The van der Waals surface area contributed by atoms with Gasteiger partial charge in [-0.2, -0.15) is 0 Å². The van der Waals surface area contributed by atoms with Crippen molar-refractivity contribution in [3.05, 3.63) is 51.8 Å². The highest BCUT2D eigenvalue weighted by Crippen LogP contribution is 2.33. The third-order valence-corrected chi connectivity index (χ3v) is 3.27. The molecule has 0 unspecified atom stereocenters. The fourth-order valence-corrected chi connectivity index (χ4v) is 1.87. The van der Waals surface area contributed by atoms with Gasteiger partial charge in [0, 0.05) is 0 Å². The van der Waals surface area contributed by atoms with Gasteiger partial charge in [-0.25, -0.2) is 18.6 Å². The van der Waals surface area contributed by atoms with Crippen molar-refractivity contribution in [3.63, 3.8) is 0 Å². The largest absolute Gasteiger partial charge is 0.464 e. The van der Waals surface area contributed by atoms with E-state index in [1.807, 2.05) is 0 Å². The number of anilines is 2. The first kappa shape index (κ1) is 15.5. The van der Waals surface area contributed by atoms with E-state index in [-0.39, 0.29) is 5.69 Å². The summed E-state index contributed by atoms with van der Waals surface area (Å²) in [5.74, 6) is -2.61. The van der Waals surface area contributed by atoms with Gasteiger partial charge in [0.2, 0.25) is 0 Å². The van der Waals surface area contributed by atoms with Crippen LogP contribution in [-0.4, -0.2) is 18.1 Å². The number of nitrogens with zero attached hydrogens (tertiary/aromatic N) is 1. The van der Waals surface area contributed by atoms with Gasteiger partial charge < -0.3 is 10.1 Å². The molecule has 0 amide bonds. The predicted molar refractivity (Wildman–Crippen MR) is 75.2 cm³/mol. The van der Waals surface area contributed by atoms with E-state index in [4.69, 9.17) is 23.2 Å². The SMILES string of the molecule is COC(=O)c1nc(Cl)c(Cl)c(F)c1Nc1ccccc1F. The highest BCUT2D eigenvalue weighted by atomic mass is 35.5. The van der Waals surface area contributed by atoms with Crippen LogP contribution >= 0.6 is 23.2 Å². The van der Waals surface area contributed by atoms with Crippen molar-refractivity contribution < 1.29 is 18.3 Å². The molecule has 0 atom stereocenters. The third-order valence-electron chi connectivity index (χ3n) is 2.55. The molecular weight excluding hydrogens is 325 g/mol. The van der Waals surface area contributed by atoms with Crippen LogP contribution in [0.2, 0.25) is 10.2 Å². The third kappa shape index (κ3) is 3.06. The van der Waals surface area contributed by atoms with E-state index in [2.05, 4.69) is 15.0 Å². The van der Waals surface area contributed by atoms with Crippen molar-refractivity contribution in [1.29, 1.82) is 0 Å². The number of hydrogen-bond acceptors (Lipinski definition) is 4. The molecule has 1 aromatic heterocycles. The predicted octanol–water partition coefficient (Wildman–Crippen LogP) is 4.20. The Morgan fingerprint density at radius 1 is 1.29 bits per heavy atom. The van der Waals surface area contributed by atoms with Gasteiger partial charge in [0.15, 0.2) is 16.7 Å². The number of nitrogens with one attached hydrogen (secondary N) is 1. The molecular formula is C13H8Cl2F2N2O2. The molecule has 1 aromatic carbocycles. The lowest BCUT2D eigenvalue weighted by atomic mass is 10.2. The molecule has 0 radical (unpaired) electrons. The highest BCUT2D eigenvalue weighted by Gasteiger charge is 2.24. The first-order valence-electron chi connectivity index (χ1n) is 5.60. The van der Waals surface area contributed by atoms with E-state index in [1.165, 1.54) is 24.3 Å². The number of rotatable bonds is 3. The van der Waals surface area contributed by atoms with E-state index in [1.54, 1.807) is 0 Å². The monoisotopic (exact) mass is 332 g/mol. The van der Waals surface area contributed by atoms with E-state index in [0.717, 1.165) is 7.11 Å². The van der Waals surface area contributed by atoms with E-state index in [0.29, 0.717) is 0 Å². The molecule has 0 aliphatic heterocycles. The molecule has 2 rings (SSSR count). The summed E-state index contributed by atoms with van der Waals surface area (Å²) in [5.41, 5.74) is -0.907. The zero-order valence-corrected chi connectivity index (χ0v) is 12.1. The van der Waals surface area contributed by atoms with E-state index >= 15 is 0 Å². The Hall–Kier alpha value is -1.92. The van der Waals surface area contributed by atoms with E-state index < -0.39 is 39.2 Å². The van der Waals surface area contributed by atoms with Crippen LogP contribution in [0.25, 0.3) is 0 Å². The van der Waals surface area contributed by atoms with Crippen LogP contribution in [0.4, 0.5) is 20.2 Å². The smallest absolute Gasteiger partial charge is 0.359 e. The Labute approximate surface area is 128 Å². The van der Waals surface area contributed by atoms with Gasteiger partial charge in [0.05, 0.1) is 12.8 Å². The summed E-state index contributed by atoms with van der Waals surface area (Å²) in [5, 5.41) is 1.56. The van der Waals surface area contributed by atoms with Crippen LogP contribution < -0.4 is 5.32 Å². The Bertz CT molecular complexity index is 711. The van der Waals surface area contributed by atoms with Crippen molar-refractivity contribution in [2.45, 2.75) is 0 Å². The lowest BCUT2D eigenvalue weighted by Crippen LogP contribution is -2.11. The minimum atomic E-state index is -1.03. The topological polar surface area (TPSA) is 51.2 Å². The van der Waals surface area contributed by atoms with Gasteiger partial charge in [0.1, 0.15) is 16.5 Å². The van der Waals surface area contributed by atoms with Crippen LogP contribution in [-0.2, 0) is 4.74 Å². The number of aromatic nitrogens is 1. The molecule has 21 heavy (non-hydrogen) atoms. The second kappa shape index (κ2) is 6.24. The molecule has 0 spiro atoms. The second-order valence-electron chi connectivity index (χ2n) is 3.85. The van der Waals surface area contributed by atoms with Gasteiger partial charge in [-0.05, 0) is 12.1 Å². The Morgan fingerprint density at radius 2 is 1.95 bits per heavy atom.